The predicted molar refractivity (Wildman–Crippen MR) is 76.1 cm³/mol. The van der Waals surface area contributed by atoms with Crippen molar-refractivity contribution in [3.63, 3.8) is 0 Å². The van der Waals surface area contributed by atoms with E-state index in [2.05, 4.69) is 12.2 Å². The van der Waals surface area contributed by atoms with Crippen LogP contribution in [0, 0.1) is 5.92 Å². The van der Waals surface area contributed by atoms with Crippen LogP contribution < -0.4 is 5.32 Å². The summed E-state index contributed by atoms with van der Waals surface area (Å²) in [7, 11) is 0. The molecule has 4 nitrogen and oxygen atoms in total. The van der Waals surface area contributed by atoms with Crippen molar-refractivity contribution in [2.75, 3.05) is 26.4 Å². The molecule has 1 aliphatic rings. The summed E-state index contributed by atoms with van der Waals surface area (Å²) in [4.78, 5) is 11.8. The van der Waals surface area contributed by atoms with Crippen molar-refractivity contribution >= 4 is 5.97 Å². The molecule has 1 unspecified atom stereocenters. The molecule has 112 valence electrons. The second-order valence-corrected chi connectivity index (χ2v) is 5.30. The highest BCUT2D eigenvalue weighted by Crippen LogP contribution is 2.23. The van der Waals surface area contributed by atoms with Gasteiger partial charge in [-0.05, 0) is 38.6 Å². The van der Waals surface area contributed by atoms with E-state index < -0.39 is 0 Å². The Morgan fingerprint density at radius 2 is 2.00 bits per heavy atom. The lowest BCUT2D eigenvalue weighted by Crippen LogP contribution is -2.42. The number of nitrogens with one attached hydrogen (secondary N) is 1. The summed E-state index contributed by atoms with van der Waals surface area (Å²) in [6.45, 7) is 6.36. The Balaban J connectivity index is 2.24. The molecule has 0 amide bonds. The molecular weight excluding hydrogens is 242 g/mol. The lowest BCUT2D eigenvalue weighted by atomic mass is 9.90. The average Bonchev–Trinajstić information content (AvgIpc) is 2.44. The fourth-order valence-electron chi connectivity index (χ4n) is 2.48. The zero-order chi connectivity index (χ0) is 13.9. The van der Waals surface area contributed by atoms with E-state index in [9.17, 15) is 4.79 Å². The minimum Gasteiger partial charge on any atom is -0.465 e. The molecule has 1 N–H and O–H groups in total. The quantitative estimate of drug-likeness (QED) is 0.655. The first-order chi connectivity index (χ1) is 9.27. The molecule has 4 heteroatoms. The van der Waals surface area contributed by atoms with Crippen LogP contribution in [0.1, 0.15) is 52.4 Å². The molecule has 0 aliphatic heterocycles. The predicted octanol–water partition coefficient (Wildman–Crippen LogP) is 2.51. The number of esters is 1. The van der Waals surface area contributed by atoms with Gasteiger partial charge in [-0.25, -0.2) is 0 Å². The van der Waals surface area contributed by atoms with Gasteiger partial charge < -0.3 is 14.8 Å². The van der Waals surface area contributed by atoms with Gasteiger partial charge in [0.15, 0.2) is 0 Å². The number of hydrogen-bond acceptors (Lipinski definition) is 4. The molecule has 0 aromatic rings. The maximum Gasteiger partial charge on any atom is 0.325 e. The van der Waals surface area contributed by atoms with Crippen molar-refractivity contribution < 1.29 is 14.3 Å². The summed E-state index contributed by atoms with van der Waals surface area (Å²) in [6.07, 6.45) is 7.55. The van der Waals surface area contributed by atoms with Crippen LogP contribution in [0.2, 0.25) is 0 Å². The van der Waals surface area contributed by atoms with Crippen molar-refractivity contribution in [2.45, 2.75) is 58.4 Å². The molecule has 0 aromatic carbocycles. The number of rotatable bonds is 9. The summed E-state index contributed by atoms with van der Waals surface area (Å²) in [5.41, 5.74) is 0. The number of hydrogen-bond donors (Lipinski definition) is 1. The van der Waals surface area contributed by atoms with E-state index in [0.29, 0.717) is 19.1 Å². The Kier molecular flexibility index (Phi) is 8.84. The van der Waals surface area contributed by atoms with E-state index in [1.807, 2.05) is 6.92 Å². The first-order valence-corrected chi connectivity index (χ1v) is 7.75. The Labute approximate surface area is 117 Å². The van der Waals surface area contributed by atoms with Crippen molar-refractivity contribution in [3.8, 4) is 0 Å². The standard InChI is InChI=1S/C15H29NO3/c1-3-10-16-14(15(17)19-4-2)12-18-11-13-8-6-5-7-9-13/h13-14,16H,3-12H2,1-2H3. The van der Waals surface area contributed by atoms with E-state index in [4.69, 9.17) is 9.47 Å². The fourth-order valence-corrected chi connectivity index (χ4v) is 2.48. The maximum absolute atomic E-state index is 11.8. The van der Waals surface area contributed by atoms with Crippen LogP contribution in [-0.4, -0.2) is 38.4 Å². The van der Waals surface area contributed by atoms with Gasteiger partial charge in [0.2, 0.25) is 0 Å². The Morgan fingerprint density at radius 1 is 1.26 bits per heavy atom. The van der Waals surface area contributed by atoms with Crippen molar-refractivity contribution in [3.05, 3.63) is 0 Å². The second kappa shape index (κ2) is 10.2. The first-order valence-electron chi connectivity index (χ1n) is 7.75. The molecule has 0 saturated heterocycles. The van der Waals surface area contributed by atoms with Gasteiger partial charge in [-0.3, -0.25) is 4.79 Å². The van der Waals surface area contributed by atoms with Gasteiger partial charge in [-0.1, -0.05) is 26.2 Å². The molecule has 0 radical (unpaired) electrons. The molecule has 1 atom stereocenters. The van der Waals surface area contributed by atoms with Crippen LogP contribution >= 0.6 is 0 Å². The molecule has 0 spiro atoms. The Hall–Kier alpha value is -0.610. The lowest BCUT2D eigenvalue weighted by molar-refractivity contribution is -0.147. The van der Waals surface area contributed by atoms with Gasteiger partial charge in [0, 0.05) is 6.61 Å². The van der Waals surface area contributed by atoms with Crippen molar-refractivity contribution in [1.29, 1.82) is 0 Å². The summed E-state index contributed by atoms with van der Waals surface area (Å²) in [6, 6.07) is -0.316. The zero-order valence-corrected chi connectivity index (χ0v) is 12.5. The van der Waals surface area contributed by atoms with E-state index in [0.717, 1.165) is 19.6 Å². The largest absolute Gasteiger partial charge is 0.465 e. The fraction of sp³-hybridized carbons (Fsp3) is 0.933. The van der Waals surface area contributed by atoms with E-state index in [1.165, 1.54) is 32.1 Å². The van der Waals surface area contributed by atoms with Crippen LogP contribution in [0.3, 0.4) is 0 Å². The van der Waals surface area contributed by atoms with Gasteiger partial charge in [0.05, 0.1) is 13.2 Å². The minimum atomic E-state index is -0.316. The summed E-state index contributed by atoms with van der Waals surface area (Å²) in [5, 5.41) is 3.19. The van der Waals surface area contributed by atoms with Crippen molar-refractivity contribution in [2.24, 2.45) is 5.92 Å². The third kappa shape index (κ3) is 6.92. The molecular formula is C15H29NO3. The van der Waals surface area contributed by atoms with E-state index in [-0.39, 0.29) is 12.0 Å². The Bertz CT molecular complexity index is 240. The first kappa shape index (κ1) is 16.4. The summed E-state index contributed by atoms with van der Waals surface area (Å²) in [5.74, 6) is 0.488. The third-order valence-corrected chi connectivity index (χ3v) is 3.57. The minimum absolute atomic E-state index is 0.195. The summed E-state index contributed by atoms with van der Waals surface area (Å²) < 4.78 is 10.8. The highest BCUT2D eigenvalue weighted by molar-refractivity contribution is 5.75. The highest BCUT2D eigenvalue weighted by Gasteiger charge is 2.20. The van der Waals surface area contributed by atoms with E-state index in [1.54, 1.807) is 0 Å². The average molecular weight is 271 g/mol. The molecule has 0 bridgehead atoms. The highest BCUT2D eigenvalue weighted by atomic mass is 16.5. The SMILES string of the molecule is CCCNC(COCC1CCCCC1)C(=O)OCC. The molecule has 1 rings (SSSR count). The van der Waals surface area contributed by atoms with Gasteiger partial charge in [-0.15, -0.1) is 0 Å². The number of carbonyl (C=O) groups is 1. The second-order valence-electron chi connectivity index (χ2n) is 5.30. The summed E-state index contributed by atoms with van der Waals surface area (Å²) >= 11 is 0. The van der Waals surface area contributed by atoms with Gasteiger partial charge in [-0.2, -0.15) is 0 Å². The zero-order valence-electron chi connectivity index (χ0n) is 12.5. The van der Waals surface area contributed by atoms with Gasteiger partial charge in [0.25, 0.3) is 0 Å². The number of carbonyl (C=O) groups excluding carboxylic acids is 1. The Morgan fingerprint density at radius 3 is 2.63 bits per heavy atom. The molecule has 1 aliphatic carbocycles. The molecule has 19 heavy (non-hydrogen) atoms. The van der Waals surface area contributed by atoms with E-state index >= 15 is 0 Å². The third-order valence-electron chi connectivity index (χ3n) is 3.57. The van der Waals surface area contributed by atoms with Crippen LogP contribution in [0.25, 0.3) is 0 Å². The van der Waals surface area contributed by atoms with Crippen LogP contribution in [0.15, 0.2) is 0 Å². The van der Waals surface area contributed by atoms with Crippen LogP contribution in [0.5, 0.6) is 0 Å². The van der Waals surface area contributed by atoms with Gasteiger partial charge in [0.1, 0.15) is 6.04 Å². The molecule has 0 aromatic heterocycles. The van der Waals surface area contributed by atoms with Crippen LogP contribution in [-0.2, 0) is 14.3 Å². The smallest absolute Gasteiger partial charge is 0.325 e. The molecule has 0 heterocycles. The normalized spacial score (nSPS) is 18.2. The molecule has 1 fully saturated rings. The topological polar surface area (TPSA) is 47.6 Å². The van der Waals surface area contributed by atoms with Crippen LogP contribution in [0.4, 0.5) is 0 Å². The molecule has 1 saturated carbocycles. The van der Waals surface area contributed by atoms with Gasteiger partial charge >= 0.3 is 5.97 Å². The maximum atomic E-state index is 11.8. The monoisotopic (exact) mass is 271 g/mol. The lowest BCUT2D eigenvalue weighted by Gasteiger charge is -2.23. The van der Waals surface area contributed by atoms with Crippen molar-refractivity contribution in [1.82, 2.24) is 5.32 Å². The number of ether oxygens (including phenoxy) is 2.